The van der Waals surface area contributed by atoms with Crippen molar-refractivity contribution in [3.05, 3.63) is 60.2 Å². The standard InChI is InChI=1S/C16H20BNO4S/c1-2-12-18(13-14-6-4-3-5-7-14)23(21,22)16-10-8-15(9-11-16)17(19)20/h3-11,19-20H,2,12-13H2,1H3. The van der Waals surface area contributed by atoms with Gasteiger partial charge in [-0.2, -0.15) is 4.31 Å². The Bertz CT molecular complexity index is 718. The average molecular weight is 333 g/mol. The van der Waals surface area contributed by atoms with Gasteiger partial charge in [0.05, 0.1) is 4.90 Å². The first-order chi connectivity index (χ1) is 10.9. The lowest BCUT2D eigenvalue weighted by atomic mass is 9.81. The van der Waals surface area contributed by atoms with Crippen molar-refractivity contribution in [2.24, 2.45) is 0 Å². The van der Waals surface area contributed by atoms with Gasteiger partial charge in [-0.05, 0) is 29.6 Å². The van der Waals surface area contributed by atoms with Crippen LogP contribution in [0.4, 0.5) is 0 Å². The van der Waals surface area contributed by atoms with Crippen molar-refractivity contribution in [1.82, 2.24) is 4.31 Å². The Hall–Kier alpha value is -1.67. The molecule has 0 spiro atoms. The van der Waals surface area contributed by atoms with E-state index in [1.54, 1.807) is 0 Å². The van der Waals surface area contributed by atoms with Crippen molar-refractivity contribution >= 4 is 22.6 Å². The molecule has 2 N–H and O–H groups in total. The van der Waals surface area contributed by atoms with Crippen LogP contribution in [0.15, 0.2) is 59.5 Å². The maximum Gasteiger partial charge on any atom is 0.488 e. The molecule has 0 saturated heterocycles. The summed E-state index contributed by atoms with van der Waals surface area (Å²) in [6.07, 6.45) is 0.708. The van der Waals surface area contributed by atoms with Crippen molar-refractivity contribution in [2.75, 3.05) is 6.54 Å². The van der Waals surface area contributed by atoms with Gasteiger partial charge in [-0.15, -0.1) is 0 Å². The summed E-state index contributed by atoms with van der Waals surface area (Å²) in [5, 5.41) is 18.2. The Balaban J connectivity index is 2.29. The molecule has 0 radical (unpaired) electrons. The van der Waals surface area contributed by atoms with E-state index in [0.29, 0.717) is 19.5 Å². The van der Waals surface area contributed by atoms with Gasteiger partial charge < -0.3 is 10.0 Å². The van der Waals surface area contributed by atoms with E-state index in [1.807, 2.05) is 37.3 Å². The van der Waals surface area contributed by atoms with E-state index in [0.717, 1.165) is 5.56 Å². The zero-order valence-electron chi connectivity index (χ0n) is 13.0. The summed E-state index contributed by atoms with van der Waals surface area (Å²) in [4.78, 5) is 0.145. The van der Waals surface area contributed by atoms with E-state index in [9.17, 15) is 8.42 Å². The molecule has 0 atom stereocenters. The minimum atomic E-state index is -3.63. The highest BCUT2D eigenvalue weighted by Gasteiger charge is 2.24. The first kappa shape index (κ1) is 17.7. The highest BCUT2D eigenvalue weighted by Crippen LogP contribution is 2.18. The van der Waals surface area contributed by atoms with E-state index in [4.69, 9.17) is 10.0 Å². The molecule has 0 saturated carbocycles. The van der Waals surface area contributed by atoms with E-state index in [2.05, 4.69) is 0 Å². The Morgan fingerprint density at radius 3 is 2.13 bits per heavy atom. The quantitative estimate of drug-likeness (QED) is 0.740. The third-order valence-corrected chi connectivity index (χ3v) is 5.35. The second-order valence-electron chi connectivity index (χ2n) is 5.27. The van der Waals surface area contributed by atoms with Crippen LogP contribution in [0.25, 0.3) is 0 Å². The van der Waals surface area contributed by atoms with Crippen molar-refractivity contribution in [3.63, 3.8) is 0 Å². The van der Waals surface area contributed by atoms with Gasteiger partial charge >= 0.3 is 7.12 Å². The molecule has 0 amide bonds. The molecule has 2 aromatic rings. The van der Waals surface area contributed by atoms with Crippen LogP contribution in [0.5, 0.6) is 0 Å². The van der Waals surface area contributed by atoms with Crippen molar-refractivity contribution in [3.8, 4) is 0 Å². The van der Waals surface area contributed by atoms with Gasteiger partial charge in [-0.1, -0.05) is 49.4 Å². The van der Waals surface area contributed by atoms with Crippen molar-refractivity contribution in [2.45, 2.75) is 24.8 Å². The first-order valence-corrected chi connectivity index (χ1v) is 8.89. The molecule has 0 fully saturated rings. The molecule has 0 aromatic heterocycles. The van der Waals surface area contributed by atoms with Crippen LogP contribution in [0.3, 0.4) is 0 Å². The van der Waals surface area contributed by atoms with Gasteiger partial charge in [-0.3, -0.25) is 0 Å². The van der Waals surface area contributed by atoms with Gasteiger partial charge in [-0.25, -0.2) is 8.42 Å². The van der Waals surface area contributed by atoms with Crippen LogP contribution in [-0.2, 0) is 16.6 Å². The van der Waals surface area contributed by atoms with Crippen molar-refractivity contribution in [1.29, 1.82) is 0 Å². The normalized spacial score (nSPS) is 11.7. The predicted octanol–water partition coefficient (Wildman–Crippen LogP) is 0.967. The van der Waals surface area contributed by atoms with E-state index in [-0.39, 0.29) is 10.4 Å². The number of nitrogens with zero attached hydrogens (tertiary/aromatic N) is 1. The van der Waals surface area contributed by atoms with Crippen LogP contribution in [0.1, 0.15) is 18.9 Å². The van der Waals surface area contributed by atoms with Gasteiger partial charge in [0.2, 0.25) is 10.0 Å². The summed E-state index contributed by atoms with van der Waals surface area (Å²) in [5.74, 6) is 0. The number of hydrogen-bond acceptors (Lipinski definition) is 4. The lowest BCUT2D eigenvalue weighted by molar-refractivity contribution is 0.405. The lowest BCUT2D eigenvalue weighted by Gasteiger charge is -2.22. The predicted molar refractivity (Wildman–Crippen MR) is 90.6 cm³/mol. The molecule has 0 aliphatic carbocycles. The minimum Gasteiger partial charge on any atom is -0.423 e. The molecule has 0 aliphatic rings. The highest BCUT2D eigenvalue weighted by molar-refractivity contribution is 7.89. The van der Waals surface area contributed by atoms with Gasteiger partial charge in [0, 0.05) is 13.1 Å². The molecule has 7 heteroatoms. The maximum atomic E-state index is 12.8. The second-order valence-corrected chi connectivity index (χ2v) is 7.20. The van der Waals surface area contributed by atoms with Gasteiger partial charge in [0.25, 0.3) is 0 Å². The summed E-state index contributed by atoms with van der Waals surface area (Å²) in [5.41, 5.74) is 1.18. The molecule has 0 heterocycles. The zero-order valence-corrected chi connectivity index (χ0v) is 13.8. The molecular weight excluding hydrogens is 313 g/mol. The summed E-state index contributed by atoms with van der Waals surface area (Å²) < 4.78 is 27.1. The van der Waals surface area contributed by atoms with E-state index >= 15 is 0 Å². The monoisotopic (exact) mass is 333 g/mol. The number of benzene rings is 2. The average Bonchev–Trinajstić information content (AvgIpc) is 2.55. The molecule has 2 aromatic carbocycles. The molecule has 0 bridgehead atoms. The molecule has 5 nitrogen and oxygen atoms in total. The Morgan fingerprint density at radius 1 is 1.00 bits per heavy atom. The summed E-state index contributed by atoms with van der Waals surface area (Å²) in [7, 11) is -5.24. The topological polar surface area (TPSA) is 77.8 Å². The molecule has 122 valence electrons. The van der Waals surface area contributed by atoms with Gasteiger partial charge in [0.1, 0.15) is 0 Å². The zero-order chi connectivity index (χ0) is 16.9. The smallest absolute Gasteiger partial charge is 0.423 e. The lowest BCUT2D eigenvalue weighted by Crippen LogP contribution is -2.33. The molecule has 0 unspecified atom stereocenters. The Morgan fingerprint density at radius 2 is 1.61 bits per heavy atom. The first-order valence-electron chi connectivity index (χ1n) is 7.45. The summed E-state index contributed by atoms with van der Waals surface area (Å²) in [6, 6.07) is 15.0. The fourth-order valence-corrected chi connectivity index (χ4v) is 3.80. The fourth-order valence-electron chi connectivity index (χ4n) is 2.28. The molecule has 2 rings (SSSR count). The highest BCUT2D eigenvalue weighted by atomic mass is 32.2. The Labute approximate surface area is 137 Å². The van der Waals surface area contributed by atoms with Crippen LogP contribution < -0.4 is 5.46 Å². The summed E-state index contributed by atoms with van der Waals surface area (Å²) >= 11 is 0. The summed E-state index contributed by atoms with van der Waals surface area (Å²) in [6.45, 7) is 2.65. The van der Waals surface area contributed by atoms with E-state index < -0.39 is 17.1 Å². The van der Waals surface area contributed by atoms with Crippen LogP contribution in [0, 0.1) is 0 Å². The maximum absolute atomic E-state index is 12.8. The largest absolute Gasteiger partial charge is 0.488 e. The second kappa shape index (κ2) is 7.74. The number of hydrogen-bond donors (Lipinski definition) is 2. The van der Waals surface area contributed by atoms with Crippen molar-refractivity contribution < 1.29 is 18.5 Å². The SMILES string of the molecule is CCCN(Cc1ccccc1)S(=O)(=O)c1ccc(B(O)O)cc1. The fraction of sp³-hybridized carbons (Fsp3) is 0.250. The van der Waals surface area contributed by atoms with Gasteiger partial charge in [0.15, 0.2) is 0 Å². The van der Waals surface area contributed by atoms with E-state index in [1.165, 1.54) is 28.6 Å². The minimum absolute atomic E-state index is 0.145. The molecular formula is C16H20BNO4S. The molecule has 0 aliphatic heterocycles. The van der Waals surface area contributed by atoms with Crippen LogP contribution in [-0.4, -0.2) is 36.4 Å². The molecule has 23 heavy (non-hydrogen) atoms. The Kier molecular flexibility index (Phi) is 5.95. The third kappa shape index (κ3) is 4.42. The van der Waals surface area contributed by atoms with Crippen LogP contribution in [0.2, 0.25) is 0 Å². The number of sulfonamides is 1. The van der Waals surface area contributed by atoms with Crippen LogP contribution >= 0.6 is 0 Å². The third-order valence-electron chi connectivity index (χ3n) is 3.49. The number of rotatable bonds is 7.